The van der Waals surface area contributed by atoms with Crippen LogP contribution in [0.4, 0.5) is 13.2 Å². The summed E-state index contributed by atoms with van der Waals surface area (Å²) in [5.41, 5.74) is -1.58. The van der Waals surface area contributed by atoms with Gasteiger partial charge < -0.3 is 5.11 Å². The molecule has 1 aliphatic heterocycles. The Kier molecular flexibility index (Phi) is 4.09. The number of aliphatic hydroxyl groups excluding tert-OH is 1. The predicted octanol–water partition coefficient (Wildman–Crippen LogP) is 3.20. The van der Waals surface area contributed by atoms with Gasteiger partial charge in [-0.25, -0.2) is 0 Å². The molecule has 1 fully saturated rings. The van der Waals surface area contributed by atoms with Crippen molar-refractivity contribution in [2.45, 2.75) is 70.8 Å². The molecule has 1 saturated heterocycles. The SMILES string of the molecule is CCC(C)(C(C)O)N1CCC(C(F)(F)F)C1(C)C. The van der Waals surface area contributed by atoms with E-state index in [1.165, 1.54) is 0 Å². The van der Waals surface area contributed by atoms with Gasteiger partial charge in [0, 0.05) is 11.1 Å². The quantitative estimate of drug-likeness (QED) is 0.849. The van der Waals surface area contributed by atoms with Gasteiger partial charge in [-0.15, -0.1) is 0 Å². The fourth-order valence-electron chi connectivity index (χ4n) is 3.28. The Balaban J connectivity index is 3.08. The Morgan fingerprint density at radius 2 is 1.89 bits per heavy atom. The third kappa shape index (κ3) is 2.39. The number of nitrogens with zero attached hydrogens (tertiary/aromatic N) is 1. The summed E-state index contributed by atoms with van der Waals surface area (Å²) in [5.74, 6) is -1.32. The third-order valence-corrected chi connectivity index (χ3v) is 4.82. The molecule has 0 aromatic heterocycles. The average molecular weight is 267 g/mol. The summed E-state index contributed by atoms with van der Waals surface area (Å²) in [6.07, 6.45) is -4.10. The predicted molar refractivity (Wildman–Crippen MR) is 65.3 cm³/mol. The molecule has 0 spiro atoms. The zero-order chi connectivity index (χ0) is 14.4. The molecule has 18 heavy (non-hydrogen) atoms. The highest BCUT2D eigenvalue weighted by molar-refractivity contribution is 5.06. The minimum Gasteiger partial charge on any atom is -0.391 e. The maximum absolute atomic E-state index is 13.0. The van der Waals surface area contributed by atoms with Crippen molar-refractivity contribution in [2.24, 2.45) is 5.92 Å². The van der Waals surface area contributed by atoms with Crippen LogP contribution in [-0.2, 0) is 0 Å². The Morgan fingerprint density at radius 1 is 1.39 bits per heavy atom. The number of rotatable bonds is 3. The van der Waals surface area contributed by atoms with Gasteiger partial charge in [0.15, 0.2) is 0 Å². The average Bonchev–Trinajstić information content (AvgIpc) is 2.52. The van der Waals surface area contributed by atoms with Crippen LogP contribution < -0.4 is 0 Å². The lowest BCUT2D eigenvalue weighted by Gasteiger charge is -2.49. The Hall–Kier alpha value is -0.290. The Labute approximate surface area is 107 Å². The van der Waals surface area contributed by atoms with Crippen LogP contribution in [0.25, 0.3) is 0 Å². The van der Waals surface area contributed by atoms with E-state index in [1.54, 1.807) is 20.8 Å². The lowest BCUT2D eigenvalue weighted by Crippen LogP contribution is -2.61. The largest absolute Gasteiger partial charge is 0.393 e. The second kappa shape index (κ2) is 4.67. The van der Waals surface area contributed by atoms with Gasteiger partial charge in [-0.05, 0) is 47.1 Å². The van der Waals surface area contributed by atoms with Gasteiger partial charge >= 0.3 is 6.18 Å². The molecule has 0 radical (unpaired) electrons. The van der Waals surface area contributed by atoms with Crippen LogP contribution in [0, 0.1) is 5.92 Å². The summed E-state index contributed by atoms with van der Waals surface area (Å²) >= 11 is 0. The highest BCUT2D eigenvalue weighted by Gasteiger charge is 2.58. The third-order valence-electron chi connectivity index (χ3n) is 4.82. The summed E-state index contributed by atoms with van der Waals surface area (Å²) in [4.78, 5) is 1.84. The molecule has 1 rings (SSSR count). The zero-order valence-corrected chi connectivity index (χ0v) is 11.8. The molecule has 0 amide bonds. The van der Waals surface area contributed by atoms with Crippen LogP contribution in [0.3, 0.4) is 0 Å². The monoisotopic (exact) mass is 267 g/mol. The van der Waals surface area contributed by atoms with Crippen LogP contribution in [0.2, 0.25) is 0 Å². The van der Waals surface area contributed by atoms with Crippen molar-refractivity contribution >= 4 is 0 Å². The number of halogens is 3. The molecular formula is C13H24F3NO. The molecule has 1 aliphatic rings. The van der Waals surface area contributed by atoms with Crippen molar-refractivity contribution < 1.29 is 18.3 Å². The van der Waals surface area contributed by atoms with Crippen molar-refractivity contribution in [3.8, 4) is 0 Å². The second-order valence-electron chi connectivity index (χ2n) is 6.07. The summed E-state index contributed by atoms with van der Waals surface area (Å²) in [6.45, 7) is 9.05. The summed E-state index contributed by atoms with van der Waals surface area (Å²) in [7, 11) is 0. The molecule has 1 heterocycles. The first-order valence-electron chi connectivity index (χ1n) is 6.50. The van der Waals surface area contributed by atoms with Gasteiger partial charge in [-0.3, -0.25) is 4.90 Å². The van der Waals surface area contributed by atoms with Crippen molar-refractivity contribution in [2.75, 3.05) is 6.54 Å². The van der Waals surface area contributed by atoms with E-state index in [2.05, 4.69) is 0 Å². The summed E-state index contributed by atoms with van der Waals surface area (Å²) in [6, 6.07) is 0. The number of hydrogen-bond acceptors (Lipinski definition) is 2. The van der Waals surface area contributed by atoms with Gasteiger partial charge in [0.1, 0.15) is 0 Å². The van der Waals surface area contributed by atoms with Gasteiger partial charge in [0.25, 0.3) is 0 Å². The van der Waals surface area contributed by atoms with Crippen molar-refractivity contribution in [3.05, 3.63) is 0 Å². The van der Waals surface area contributed by atoms with E-state index >= 15 is 0 Å². The van der Waals surface area contributed by atoms with E-state index in [4.69, 9.17) is 0 Å². The first-order valence-corrected chi connectivity index (χ1v) is 6.50. The number of alkyl halides is 3. The van der Waals surface area contributed by atoms with E-state index in [9.17, 15) is 18.3 Å². The zero-order valence-electron chi connectivity index (χ0n) is 11.8. The lowest BCUT2D eigenvalue weighted by atomic mass is 9.82. The van der Waals surface area contributed by atoms with Crippen molar-refractivity contribution in [1.82, 2.24) is 4.90 Å². The minimum atomic E-state index is -4.18. The second-order valence-corrected chi connectivity index (χ2v) is 6.07. The van der Waals surface area contributed by atoms with Crippen LogP contribution in [0.5, 0.6) is 0 Å². The molecule has 2 nitrogen and oxygen atoms in total. The molecule has 108 valence electrons. The van der Waals surface area contributed by atoms with Gasteiger partial charge in [-0.2, -0.15) is 13.2 Å². The normalized spacial score (nSPS) is 30.2. The highest BCUT2D eigenvalue weighted by Crippen LogP contribution is 2.48. The topological polar surface area (TPSA) is 23.5 Å². The van der Waals surface area contributed by atoms with Gasteiger partial charge in [0.2, 0.25) is 0 Å². The molecule has 5 heteroatoms. The fourth-order valence-corrected chi connectivity index (χ4v) is 3.28. The van der Waals surface area contributed by atoms with Gasteiger partial charge in [0.05, 0.1) is 12.0 Å². The van der Waals surface area contributed by atoms with E-state index in [0.29, 0.717) is 13.0 Å². The summed E-state index contributed by atoms with van der Waals surface area (Å²) < 4.78 is 39.1. The van der Waals surface area contributed by atoms with Crippen molar-refractivity contribution in [1.29, 1.82) is 0 Å². The molecule has 3 atom stereocenters. The van der Waals surface area contributed by atoms with E-state index in [0.717, 1.165) is 0 Å². The Bertz CT molecular complexity index is 301. The standard InChI is InChI=1S/C13H24F3NO/c1-6-12(5,9(2)18)17-8-7-10(11(17,3)4)13(14,15)16/h9-10,18H,6-8H2,1-5H3. The molecule has 0 aromatic rings. The minimum absolute atomic E-state index is 0.110. The first kappa shape index (κ1) is 15.8. The van der Waals surface area contributed by atoms with Crippen LogP contribution in [0.1, 0.15) is 47.5 Å². The lowest BCUT2D eigenvalue weighted by molar-refractivity contribution is -0.198. The fraction of sp³-hybridized carbons (Fsp3) is 1.00. The van der Waals surface area contributed by atoms with Crippen LogP contribution >= 0.6 is 0 Å². The molecule has 0 aromatic carbocycles. The van der Waals surface area contributed by atoms with Crippen LogP contribution in [-0.4, -0.2) is 39.9 Å². The maximum Gasteiger partial charge on any atom is 0.393 e. The molecule has 0 aliphatic carbocycles. The molecule has 3 unspecified atom stereocenters. The number of hydrogen-bond donors (Lipinski definition) is 1. The molecule has 1 N–H and O–H groups in total. The van der Waals surface area contributed by atoms with Crippen LogP contribution in [0.15, 0.2) is 0 Å². The smallest absolute Gasteiger partial charge is 0.391 e. The maximum atomic E-state index is 13.0. The molecular weight excluding hydrogens is 243 g/mol. The molecule has 0 bridgehead atoms. The molecule has 0 saturated carbocycles. The van der Waals surface area contributed by atoms with E-state index in [-0.39, 0.29) is 6.42 Å². The highest BCUT2D eigenvalue weighted by atomic mass is 19.4. The Morgan fingerprint density at radius 3 is 2.17 bits per heavy atom. The van der Waals surface area contributed by atoms with Gasteiger partial charge in [-0.1, -0.05) is 6.92 Å². The van der Waals surface area contributed by atoms with E-state index < -0.39 is 29.3 Å². The van der Waals surface area contributed by atoms with E-state index in [1.807, 2.05) is 18.7 Å². The van der Waals surface area contributed by atoms with Crippen molar-refractivity contribution in [3.63, 3.8) is 0 Å². The first-order chi connectivity index (χ1) is 7.98. The summed E-state index contributed by atoms with van der Waals surface area (Å²) in [5, 5.41) is 9.93. The number of likely N-dealkylation sites (tertiary alicyclic amines) is 1. The number of aliphatic hydroxyl groups is 1.